The Hall–Kier alpha value is -0.800. The first-order valence-electron chi connectivity index (χ1n) is 4.28. The molecule has 70 valence electrons. The van der Waals surface area contributed by atoms with Gasteiger partial charge in [0.1, 0.15) is 5.75 Å². The van der Waals surface area contributed by atoms with Gasteiger partial charge in [0.15, 0.2) is 0 Å². The summed E-state index contributed by atoms with van der Waals surface area (Å²) in [6.07, 6.45) is 3.27. The Labute approximate surface area is 81.9 Å². The van der Waals surface area contributed by atoms with E-state index in [0.29, 0.717) is 11.6 Å². The molecule has 0 radical (unpaired) electrons. The molecule has 2 rings (SSSR count). The van der Waals surface area contributed by atoms with Crippen molar-refractivity contribution in [2.75, 3.05) is 6.61 Å². The molecule has 1 aromatic rings. The van der Waals surface area contributed by atoms with E-state index in [1.807, 2.05) is 0 Å². The highest BCUT2D eigenvalue weighted by Gasteiger charge is 2.15. The Kier molecular flexibility index (Phi) is 2.38. The summed E-state index contributed by atoms with van der Waals surface area (Å²) in [4.78, 5) is 4.19. The molecule has 0 aliphatic carbocycles. The summed E-state index contributed by atoms with van der Waals surface area (Å²) < 4.78 is 5.47. The Morgan fingerprint density at radius 1 is 1.62 bits per heavy atom. The van der Waals surface area contributed by atoms with Crippen LogP contribution in [0.4, 0.5) is 0 Å². The first kappa shape index (κ1) is 8.78. The van der Waals surface area contributed by atoms with Gasteiger partial charge >= 0.3 is 0 Å². The van der Waals surface area contributed by atoms with Gasteiger partial charge in [-0.1, -0.05) is 11.6 Å². The maximum absolute atomic E-state index is 5.83. The normalized spacial score (nSPS) is 21.5. The Morgan fingerprint density at radius 2 is 2.46 bits per heavy atom. The quantitative estimate of drug-likeness (QED) is 0.686. The summed E-state index contributed by atoms with van der Waals surface area (Å²) >= 11 is 5.79. The number of halogens is 1. The van der Waals surface area contributed by atoms with Crippen LogP contribution in [0.2, 0.25) is 5.02 Å². The van der Waals surface area contributed by atoms with Crippen LogP contribution in [0.3, 0.4) is 0 Å². The maximum Gasteiger partial charge on any atom is 0.142 e. The lowest BCUT2D eigenvalue weighted by molar-refractivity contribution is 0.309. The van der Waals surface area contributed by atoms with Crippen molar-refractivity contribution >= 4 is 11.6 Å². The smallest absolute Gasteiger partial charge is 0.142 e. The van der Waals surface area contributed by atoms with Crippen molar-refractivity contribution in [1.29, 1.82) is 0 Å². The number of hydrogen-bond donors (Lipinski definition) is 1. The molecule has 3 nitrogen and oxygen atoms in total. The number of rotatable bonds is 0. The van der Waals surface area contributed by atoms with Crippen molar-refractivity contribution in [2.45, 2.75) is 18.9 Å². The van der Waals surface area contributed by atoms with E-state index in [0.717, 1.165) is 24.3 Å². The standard InChI is InChI=1S/C9H11ClN2O/c10-6-3-9-8(12-5-6)4-7(11)1-2-13-9/h3,5,7H,1-2,4,11H2. The van der Waals surface area contributed by atoms with Crippen molar-refractivity contribution in [2.24, 2.45) is 5.73 Å². The number of fused-ring (bicyclic) bond motifs is 1. The monoisotopic (exact) mass is 198 g/mol. The van der Waals surface area contributed by atoms with Crippen molar-refractivity contribution in [3.05, 3.63) is 23.0 Å². The molecule has 0 saturated heterocycles. The average Bonchev–Trinajstić information content (AvgIpc) is 2.25. The summed E-state index contributed by atoms with van der Waals surface area (Å²) in [6, 6.07) is 1.94. The second kappa shape index (κ2) is 3.52. The number of nitrogens with zero attached hydrogens (tertiary/aromatic N) is 1. The number of hydrogen-bond acceptors (Lipinski definition) is 3. The van der Waals surface area contributed by atoms with E-state index in [1.54, 1.807) is 12.3 Å². The van der Waals surface area contributed by atoms with Gasteiger partial charge in [0.25, 0.3) is 0 Å². The first-order chi connectivity index (χ1) is 6.25. The lowest BCUT2D eigenvalue weighted by Crippen LogP contribution is -2.23. The van der Waals surface area contributed by atoms with Crippen molar-refractivity contribution in [3.63, 3.8) is 0 Å². The predicted molar refractivity (Wildman–Crippen MR) is 51.0 cm³/mol. The van der Waals surface area contributed by atoms with E-state index in [1.165, 1.54) is 0 Å². The molecule has 0 aromatic carbocycles. The van der Waals surface area contributed by atoms with Gasteiger partial charge in [-0.15, -0.1) is 0 Å². The van der Waals surface area contributed by atoms with Crippen molar-refractivity contribution in [1.82, 2.24) is 4.98 Å². The third kappa shape index (κ3) is 1.92. The van der Waals surface area contributed by atoms with Crippen LogP contribution in [-0.4, -0.2) is 17.6 Å². The lowest BCUT2D eigenvalue weighted by atomic mass is 10.1. The van der Waals surface area contributed by atoms with E-state index >= 15 is 0 Å². The fourth-order valence-corrected chi connectivity index (χ4v) is 1.55. The van der Waals surface area contributed by atoms with Gasteiger partial charge in [0.05, 0.1) is 17.3 Å². The van der Waals surface area contributed by atoms with Crippen LogP contribution in [-0.2, 0) is 6.42 Å². The van der Waals surface area contributed by atoms with Crippen molar-refractivity contribution < 1.29 is 4.74 Å². The van der Waals surface area contributed by atoms with E-state index in [2.05, 4.69) is 4.98 Å². The number of nitrogens with two attached hydrogens (primary N) is 1. The zero-order valence-corrected chi connectivity index (χ0v) is 7.92. The SMILES string of the molecule is NC1CCOc2cc(Cl)cnc2C1. The summed E-state index contributed by atoms with van der Waals surface area (Å²) in [5.74, 6) is 0.778. The Morgan fingerprint density at radius 3 is 3.31 bits per heavy atom. The van der Waals surface area contributed by atoms with E-state index < -0.39 is 0 Å². The van der Waals surface area contributed by atoms with Gasteiger partial charge in [-0.25, -0.2) is 0 Å². The lowest BCUT2D eigenvalue weighted by Gasteiger charge is -2.05. The molecule has 0 bridgehead atoms. The molecule has 2 heterocycles. The number of ether oxygens (including phenoxy) is 1. The zero-order chi connectivity index (χ0) is 9.26. The minimum atomic E-state index is 0.148. The van der Waals surface area contributed by atoms with Crippen molar-refractivity contribution in [3.8, 4) is 5.75 Å². The molecule has 1 atom stereocenters. The fourth-order valence-electron chi connectivity index (χ4n) is 1.40. The number of pyridine rings is 1. The summed E-state index contributed by atoms with van der Waals surface area (Å²) in [5, 5.41) is 0.606. The molecule has 0 fully saturated rings. The van der Waals surface area contributed by atoms with Gasteiger partial charge in [0, 0.05) is 24.7 Å². The second-order valence-corrected chi connectivity index (χ2v) is 3.64. The van der Waals surface area contributed by atoms with Crippen LogP contribution in [0.15, 0.2) is 12.3 Å². The van der Waals surface area contributed by atoms with E-state index in [9.17, 15) is 0 Å². The summed E-state index contributed by atoms with van der Waals surface area (Å²) in [6.45, 7) is 0.649. The minimum absolute atomic E-state index is 0.148. The Bertz CT molecular complexity index is 316. The summed E-state index contributed by atoms with van der Waals surface area (Å²) in [7, 11) is 0. The molecule has 1 aliphatic heterocycles. The van der Waals surface area contributed by atoms with Gasteiger partial charge in [-0.2, -0.15) is 0 Å². The third-order valence-electron chi connectivity index (χ3n) is 2.10. The molecule has 4 heteroatoms. The fraction of sp³-hybridized carbons (Fsp3) is 0.444. The van der Waals surface area contributed by atoms with Crippen LogP contribution in [0.5, 0.6) is 5.75 Å². The van der Waals surface area contributed by atoms with Crippen LogP contribution in [0, 0.1) is 0 Å². The largest absolute Gasteiger partial charge is 0.492 e. The van der Waals surface area contributed by atoms with Crippen LogP contribution < -0.4 is 10.5 Å². The highest BCUT2D eigenvalue weighted by atomic mass is 35.5. The van der Waals surface area contributed by atoms with Crippen LogP contribution in [0.25, 0.3) is 0 Å². The molecule has 0 amide bonds. The minimum Gasteiger partial charge on any atom is -0.492 e. The molecule has 0 spiro atoms. The molecule has 1 aliphatic rings. The maximum atomic E-state index is 5.83. The predicted octanol–water partition coefficient (Wildman–Crippen LogP) is 1.39. The number of aromatic nitrogens is 1. The van der Waals surface area contributed by atoms with Crippen LogP contribution >= 0.6 is 11.6 Å². The Balaban J connectivity index is 2.34. The topological polar surface area (TPSA) is 48.1 Å². The highest BCUT2D eigenvalue weighted by molar-refractivity contribution is 6.30. The molecular weight excluding hydrogens is 188 g/mol. The molecule has 0 saturated carbocycles. The summed E-state index contributed by atoms with van der Waals surface area (Å²) in [5.41, 5.74) is 6.75. The van der Waals surface area contributed by atoms with Gasteiger partial charge in [-0.3, -0.25) is 4.98 Å². The molecular formula is C9H11ClN2O. The second-order valence-electron chi connectivity index (χ2n) is 3.20. The highest BCUT2D eigenvalue weighted by Crippen LogP contribution is 2.24. The van der Waals surface area contributed by atoms with E-state index in [-0.39, 0.29) is 6.04 Å². The average molecular weight is 199 g/mol. The third-order valence-corrected chi connectivity index (χ3v) is 2.31. The first-order valence-corrected chi connectivity index (χ1v) is 4.66. The molecule has 1 unspecified atom stereocenters. The zero-order valence-electron chi connectivity index (χ0n) is 7.16. The van der Waals surface area contributed by atoms with Gasteiger partial charge < -0.3 is 10.5 Å². The van der Waals surface area contributed by atoms with Gasteiger partial charge in [-0.05, 0) is 6.42 Å². The molecule has 1 aromatic heterocycles. The molecule has 13 heavy (non-hydrogen) atoms. The molecule has 2 N–H and O–H groups in total. The van der Waals surface area contributed by atoms with Crippen LogP contribution in [0.1, 0.15) is 12.1 Å². The van der Waals surface area contributed by atoms with Gasteiger partial charge in [0.2, 0.25) is 0 Å². The van der Waals surface area contributed by atoms with E-state index in [4.69, 9.17) is 22.1 Å².